The molecule has 0 aliphatic carbocycles. The maximum absolute atomic E-state index is 12.8. The van der Waals surface area contributed by atoms with E-state index in [1.165, 1.54) is 70.6 Å². The minimum Gasteiger partial charge on any atom is -0.462 e. The normalized spacial score (nSPS) is 13.1. The van der Waals surface area contributed by atoms with Gasteiger partial charge in [0, 0.05) is 19.4 Å². The lowest BCUT2D eigenvalue weighted by Gasteiger charge is -2.18. The number of ether oxygens (including phenoxy) is 3. The zero-order chi connectivity index (χ0) is 46.3. The van der Waals surface area contributed by atoms with Crippen molar-refractivity contribution in [3.8, 4) is 0 Å². The van der Waals surface area contributed by atoms with E-state index in [0.717, 1.165) is 122 Å². The van der Waals surface area contributed by atoms with E-state index in [2.05, 4.69) is 130 Å². The van der Waals surface area contributed by atoms with Crippen LogP contribution in [0.4, 0.5) is 0 Å². The topological polar surface area (TPSA) is 61.8 Å². The number of carbonyl (C=O) groups excluding carboxylic acids is 2. The third-order valence-electron chi connectivity index (χ3n) is 10.8. The van der Waals surface area contributed by atoms with Gasteiger partial charge in [0.2, 0.25) is 0 Å². The molecule has 0 rings (SSSR count). The van der Waals surface area contributed by atoms with Crippen molar-refractivity contribution >= 4 is 11.9 Å². The van der Waals surface area contributed by atoms with Crippen molar-refractivity contribution in [2.75, 3.05) is 19.8 Å². The highest BCUT2D eigenvalue weighted by Crippen LogP contribution is 2.13. The lowest BCUT2D eigenvalue weighted by Crippen LogP contribution is -2.30. The SMILES string of the molecule is CC/C=C\C/C=C\C/C=C\C/C=C\C/C=C\CCCCOCC(COC(=O)CCCCCCC/C=C\C/C=C\C/C=C\CC)OC(=O)CCCCCCC/C=C\CCCCCCCC. The number of carbonyl (C=O) groups is 2. The summed E-state index contributed by atoms with van der Waals surface area (Å²) in [5, 5.41) is 0. The average molecular weight is 887 g/mol. The molecule has 0 spiro atoms. The van der Waals surface area contributed by atoms with Crippen molar-refractivity contribution in [2.24, 2.45) is 0 Å². The van der Waals surface area contributed by atoms with E-state index < -0.39 is 6.10 Å². The van der Waals surface area contributed by atoms with Crippen LogP contribution in [0.25, 0.3) is 0 Å². The highest BCUT2D eigenvalue weighted by atomic mass is 16.6. The van der Waals surface area contributed by atoms with Crippen molar-refractivity contribution in [3.63, 3.8) is 0 Å². The first-order valence-corrected chi connectivity index (χ1v) is 26.4. The molecule has 64 heavy (non-hydrogen) atoms. The Hall–Kier alpha value is -3.44. The van der Waals surface area contributed by atoms with E-state index in [0.29, 0.717) is 19.4 Å². The third-order valence-corrected chi connectivity index (χ3v) is 10.8. The molecule has 0 saturated carbocycles. The Morgan fingerprint density at radius 2 is 0.703 bits per heavy atom. The standard InChI is InChI=1S/C59H98O5/c1-4-7-10-13-16-19-22-25-28-29-30-33-36-39-42-45-48-51-54-62-55-57(64-59(61)53-50-47-44-41-38-35-32-27-24-21-18-15-12-9-6-3)56-63-58(60)52-49-46-43-40-37-34-31-26-23-20-17-14-11-8-5-2/h7-8,10-11,16-17,19-20,25-28,30-33,39,42,57H,4-6,9,12-15,18,21-24,29,34-38,40-41,43-56H2,1-3H3/b10-7-,11-8-,19-16-,20-17-,28-25-,31-26-,32-27-,33-30-,42-39-. The molecule has 0 aliphatic heterocycles. The van der Waals surface area contributed by atoms with Gasteiger partial charge in [0.05, 0.1) is 6.61 Å². The number of unbranched alkanes of at least 4 members (excludes halogenated alkanes) is 18. The van der Waals surface area contributed by atoms with E-state index >= 15 is 0 Å². The maximum Gasteiger partial charge on any atom is 0.306 e. The smallest absolute Gasteiger partial charge is 0.306 e. The molecule has 0 N–H and O–H groups in total. The highest BCUT2D eigenvalue weighted by Gasteiger charge is 2.17. The molecule has 0 bridgehead atoms. The summed E-state index contributed by atoms with van der Waals surface area (Å²) in [6.07, 6.45) is 73.9. The molecule has 5 heteroatoms. The van der Waals surface area contributed by atoms with Crippen LogP contribution in [-0.2, 0) is 23.8 Å². The van der Waals surface area contributed by atoms with Crippen LogP contribution in [0.3, 0.4) is 0 Å². The summed E-state index contributed by atoms with van der Waals surface area (Å²) in [5.74, 6) is -0.455. The number of hydrogen-bond donors (Lipinski definition) is 0. The van der Waals surface area contributed by atoms with Gasteiger partial charge in [-0.05, 0) is 122 Å². The lowest BCUT2D eigenvalue weighted by atomic mass is 10.1. The minimum atomic E-state index is -0.577. The van der Waals surface area contributed by atoms with Crippen molar-refractivity contribution in [1.82, 2.24) is 0 Å². The lowest BCUT2D eigenvalue weighted by molar-refractivity contribution is -0.163. The largest absolute Gasteiger partial charge is 0.462 e. The fourth-order valence-corrected chi connectivity index (χ4v) is 6.90. The third kappa shape index (κ3) is 51.2. The first-order chi connectivity index (χ1) is 31.6. The van der Waals surface area contributed by atoms with E-state index in [4.69, 9.17) is 14.2 Å². The van der Waals surface area contributed by atoms with Crippen LogP contribution in [0, 0.1) is 0 Å². The van der Waals surface area contributed by atoms with Gasteiger partial charge in [-0.25, -0.2) is 0 Å². The predicted octanol–water partition coefficient (Wildman–Crippen LogP) is 18.0. The van der Waals surface area contributed by atoms with Crippen LogP contribution in [0.15, 0.2) is 109 Å². The number of hydrogen-bond acceptors (Lipinski definition) is 5. The zero-order valence-corrected chi connectivity index (χ0v) is 41.8. The Bertz CT molecular complexity index is 1280. The van der Waals surface area contributed by atoms with Crippen molar-refractivity contribution in [1.29, 1.82) is 0 Å². The molecule has 0 radical (unpaired) electrons. The number of rotatable bonds is 47. The molecule has 1 unspecified atom stereocenters. The molecule has 0 aromatic carbocycles. The molecular weight excluding hydrogens is 789 g/mol. The molecule has 0 aromatic rings. The molecule has 0 aliphatic rings. The Balaban J connectivity index is 4.42. The van der Waals surface area contributed by atoms with E-state index in [1.807, 2.05) is 0 Å². The summed E-state index contributed by atoms with van der Waals surface area (Å²) in [7, 11) is 0. The van der Waals surface area contributed by atoms with Gasteiger partial charge in [0.1, 0.15) is 6.61 Å². The molecule has 0 aromatic heterocycles. The van der Waals surface area contributed by atoms with Gasteiger partial charge in [-0.1, -0.05) is 201 Å². The van der Waals surface area contributed by atoms with Crippen molar-refractivity contribution < 1.29 is 23.8 Å². The molecule has 0 saturated heterocycles. The van der Waals surface area contributed by atoms with Gasteiger partial charge in [-0.3, -0.25) is 9.59 Å². The van der Waals surface area contributed by atoms with E-state index in [9.17, 15) is 9.59 Å². The summed E-state index contributed by atoms with van der Waals surface area (Å²) in [5.41, 5.74) is 0. The molecule has 0 amide bonds. The Morgan fingerprint density at radius 3 is 1.14 bits per heavy atom. The van der Waals surface area contributed by atoms with Gasteiger partial charge < -0.3 is 14.2 Å². The van der Waals surface area contributed by atoms with Gasteiger partial charge in [-0.2, -0.15) is 0 Å². The van der Waals surface area contributed by atoms with Crippen LogP contribution < -0.4 is 0 Å². The summed E-state index contributed by atoms with van der Waals surface area (Å²) in [6.45, 7) is 7.46. The van der Waals surface area contributed by atoms with Crippen LogP contribution in [-0.4, -0.2) is 37.9 Å². The van der Waals surface area contributed by atoms with Crippen LogP contribution in [0.1, 0.15) is 226 Å². The molecule has 5 nitrogen and oxygen atoms in total. The summed E-state index contributed by atoms with van der Waals surface area (Å²) < 4.78 is 17.4. The van der Waals surface area contributed by atoms with E-state index in [-0.39, 0.29) is 25.2 Å². The molecule has 1 atom stereocenters. The van der Waals surface area contributed by atoms with Gasteiger partial charge >= 0.3 is 11.9 Å². The second-order valence-electron chi connectivity index (χ2n) is 17.0. The number of allylic oxidation sites excluding steroid dienone is 18. The molecular formula is C59H98O5. The predicted molar refractivity (Wildman–Crippen MR) is 279 cm³/mol. The maximum atomic E-state index is 12.8. The summed E-state index contributed by atoms with van der Waals surface area (Å²) >= 11 is 0. The monoisotopic (exact) mass is 887 g/mol. The van der Waals surface area contributed by atoms with Crippen LogP contribution in [0.5, 0.6) is 0 Å². The van der Waals surface area contributed by atoms with Gasteiger partial charge in [0.25, 0.3) is 0 Å². The summed E-state index contributed by atoms with van der Waals surface area (Å²) in [4.78, 5) is 25.4. The summed E-state index contributed by atoms with van der Waals surface area (Å²) in [6, 6.07) is 0. The minimum absolute atomic E-state index is 0.0496. The second-order valence-corrected chi connectivity index (χ2v) is 17.0. The Labute approximate surface area is 395 Å². The van der Waals surface area contributed by atoms with Crippen LogP contribution >= 0.6 is 0 Å². The first-order valence-electron chi connectivity index (χ1n) is 26.4. The van der Waals surface area contributed by atoms with Crippen molar-refractivity contribution in [3.05, 3.63) is 109 Å². The quantitative estimate of drug-likeness (QED) is 0.0346. The molecule has 0 heterocycles. The van der Waals surface area contributed by atoms with Crippen molar-refractivity contribution in [2.45, 2.75) is 232 Å². The fourth-order valence-electron chi connectivity index (χ4n) is 6.90. The fraction of sp³-hybridized carbons (Fsp3) is 0.661. The molecule has 364 valence electrons. The zero-order valence-electron chi connectivity index (χ0n) is 41.8. The van der Waals surface area contributed by atoms with Gasteiger partial charge in [-0.15, -0.1) is 0 Å². The van der Waals surface area contributed by atoms with Crippen LogP contribution in [0.2, 0.25) is 0 Å². The highest BCUT2D eigenvalue weighted by molar-refractivity contribution is 5.70. The van der Waals surface area contributed by atoms with E-state index in [1.54, 1.807) is 0 Å². The number of esters is 2. The Kier molecular flexibility index (Phi) is 51.0. The second kappa shape index (κ2) is 53.9. The van der Waals surface area contributed by atoms with Gasteiger partial charge in [0.15, 0.2) is 6.10 Å². The average Bonchev–Trinajstić information content (AvgIpc) is 3.30. The Morgan fingerprint density at radius 1 is 0.359 bits per heavy atom. The molecule has 0 fully saturated rings. The first kappa shape index (κ1) is 60.6.